The number of halogens is 2. The highest BCUT2D eigenvalue weighted by Crippen LogP contribution is 2.21. The van der Waals surface area contributed by atoms with Crippen LogP contribution in [-0.2, 0) is 11.2 Å². The lowest BCUT2D eigenvalue weighted by Gasteiger charge is -2.34. The molecule has 0 radical (unpaired) electrons. The van der Waals surface area contributed by atoms with Gasteiger partial charge < -0.3 is 15.5 Å². The van der Waals surface area contributed by atoms with E-state index in [2.05, 4.69) is 38.4 Å². The third-order valence-electron chi connectivity index (χ3n) is 4.65. The Hall–Kier alpha value is -1.63. The number of piperidine rings is 1. The van der Waals surface area contributed by atoms with E-state index >= 15 is 0 Å². The number of benzene rings is 1. The lowest BCUT2D eigenvalue weighted by atomic mass is 9.93. The zero-order valence-corrected chi connectivity index (χ0v) is 17.1. The van der Waals surface area contributed by atoms with Crippen LogP contribution in [0, 0.1) is 11.7 Å². The molecule has 1 amide bonds. The standard InChI is InChI=1S/C19H28BrFN4O/c1-3-23-19(24-9-6-14-4-5-17(21)16(20)12-14)25-10-7-15(8-11-25)13-18(26)22-2/h4-5,12,15H,3,6-11,13H2,1-2H3,(H,22,26)(H,23,24). The van der Waals surface area contributed by atoms with Crippen LogP contribution in [0.15, 0.2) is 27.7 Å². The van der Waals surface area contributed by atoms with Crippen molar-refractivity contribution in [2.45, 2.75) is 32.6 Å². The number of amides is 1. The van der Waals surface area contributed by atoms with Crippen molar-refractivity contribution < 1.29 is 9.18 Å². The van der Waals surface area contributed by atoms with Gasteiger partial charge in [0.15, 0.2) is 5.96 Å². The Balaban J connectivity index is 1.88. The molecule has 1 heterocycles. The number of carbonyl (C=O) groups is 1. The average molecular weight is 427 g/mol. The zero-order valence-electron chi connectivity index (χ0n) is 15.5. The van der Waals surface area contributed by atoms with Gasteiger partial charge in [0.25, 0.3) is 0 Å². The molecule has 1 aromatic rings. The fourth-order valence-corrected chi connectivity index (χ4v) is 3.55. The summed E-state index contributed by atoms with van der Waals surface area (Å²) >= 11 is 3.22. The van der Waals surface area contributed by atoms with Crippen LogP contribution in [0.3, 0.4) is 0 Å². The first-order valence-corrected chi connectivity index (χ1v) is 10.0. The van der Waals surface area contributed by atoms with E-state index in [9.17, 15) is 9.18 Å². The Morgan fingerprint density at radius 3 is 2.73 bits per heavy atom. The van der Waals surface area contributed by atoms with Gasteiger partial charge in [0.1, 0.15) is 5.82 Å². The summed E-state index contributed by atoms with van der Waals surface area (Å²) in [4.78, 5) is 18.5. The monoisotopic (exact) mass is 426 g/mol. The minimum Gasteiger partial charge on any atom is -0.359 e. The van der Waals surface area contributed by atoms with Crippen LogP contribution in [0.4, 0.5) is 4.39 Å². The highest BCUT2D eigenvalue weighted by Gasteiger charge is 2.22. The third-order valence-corrected chi connectivity index (χ3v) is 5.26. The van der Waals surface area contributed by atoms with Crippen LogP contribution in [0.2, 0.25) is 0 Å². The molecule has 2 rings (SSSR count). The minimum atomic E-state index is -0.245. The predicted octanol–water partition coefficient (Wildman–Crippen LogP) is 2.94. The molecule has 0 saturated carbocycles. The van der Waals surface area contributed by atoms with Crippen LogP contribution in [0.25, 0.3) is 0 Å². The number of guanidine groups is 1. The first-order valence-electron chi connectivity index (χ1n) is 9.21. The lowest BCUT2D eigenvalue weighted by molar-refractivity contribution is -0.121. The predicted molar refractivity (Wildman–Crippen MR) is 107 cm³/mol. The molecule has 1 fully saturated rings. The highest BCUT2D eigenvalue weighted by atomic mass is 79.9. The van der Waals surface area contributed by atoms with E-state index in [0.29, 0.717) is 23.4 Å². The molecule has 1 aliphatic rings. The van der Waals surface area contributed by atoms with Gasteiger partial charge in [0, 0.05) is 39.6 Å². The van der Waals surface area contributed by atoms with E-state index in [4.69, 9.17) is 4.99 Å². The fourth-order valence-electron chi connectivity index (χ4n) is 3.13. The van der Waals surface area contributed by atoms with E-state index in [1.165, 1.54) is 6.07 Å². The Morgan fingerprint density at radius 1 is 1.38 bits per heavy atom. The van der Waals surface area contributed by atoms with Crippen LogP contribution >= 0.6 is 15.9 Å². The van der Waals surface area contributed by atoms with Crippen molar-refractivity contribution in [2.24, 2.45) is 10.9 Å². The SMILES string of the molecule is CCNC(=NCCc1ccc(F)c(Br)c1)N1CCC(CC(=O)NC)CC1. The van der Waals surface area contributed by atoms with Gasteiger partial charge in [0.2, 0.25) is 5.91 Å². The van der Waals surface area contributed by atoms with Crippen LogP contribution < -0.4 is 10.6 Å². The maximum atomic E-state index is 13.3. The molecule has 0 bridgehead atoms. The summed E-state index contributed by atoms with van der Waals surface area (Å²) in [6.45, 7) is 5.35. The van der Waals surface area contributed by atoms with E-state index in [0.717, 1.165) is 50.4 Å². The summed E-state index contributed by atoms with van der Waals surface area (Å²) in [7, 11) is 1.69. The molecule has 5 nitrogen and oxygen atoms in total. The number of hydrogen-bond acceptors (Lipinski definition) is 2. The van der Waals surface area contributed by atoms with Crippen molar-refractivity contribution in [3.63, 3.8) is 0 Å². The summed E-state index contributed by atoms with van der Waals surface area (Å²) < 4.78 is 13.8. The second kappa shape index (κ2) is 10.5. The smallest absolute Gasteiger partial charge is 0.220 e. The maximum absolute atomic E-state index is 13.3. The third kappa shape index (κ3) is 6.27. The van der Waals surface area contributed by atoms with Gasteiger partial charge in [-0.2, -0.15) is 0 Å². The zero-order chi connectivity index (χ0) is 18.9. The second-order valence-corrected chi connectivity index (χ2v) is 7.40. The number of nitrogens with zero attached hydrogens (tertiary/aromatic N) is 2. The Morgan fingerprint density at radius 2 is 2.12 bits per heavy atom. The van der Waals surface area contributed by atoms with Crippen LogP contribution in [0.5, 0.6) is 0 Å². The summed E-state index contributed by atoms with van der Waals surface area (Å²) in [6, 6.07) is 5.08. The minimum absolute atomic E-state index is 0.120. The molecule has 0 aromatic heterocycles. The number of hydrogen-bond donors (Lipinski definition) is 2. The van der Waals surface area contributed by atoms with Gasteiger partial charge >= 0.3 is 0 Å². The van der Waals surface area contributed by atoms with E-state index in [-0.39, 0.29) is 11.7 Å². The molecule has 0 atom stereocenters. The van der Waals surface area contributed by atoms with E-state index < -0.39 is 0 Å². The summed E-state index contributed by atoms with van der Waals surface area (Å²) in [5.41, 5.74) is 1.06. The average Bonchev–Trinajstić information content (AvgIpc) is 2.64. The molecule has 1 saturated heterocycles. The number of carbonyl (C=O) groups excluding carboxylic acids is 1. The molecule has 1 aromatic carbocycles. The first-order chi connectivity index (χ1) is 12.5. The number of likely N-dealkylation sites (tertiary alicyclic amines) is 1. The molecule has 2 N–H and O–H groups in total. The summed E-state index contributed by atoms with van der Waals surface area (Å²) in [5, 5.41) is 6.06. The molecular formula is C19H28BrFN4O. The fraction of sp³-hybridized carbons (Fsp3) is 0.579. The van der Waals surface area contributed by atoms with Gasteiger partial charge in [-0.05, 0) is 65.7 Å². The van der Waals surface area contributed by atoms with Crippen molar-refractivity contribution in [3.05, 3.63) is 34.1 Å². The van der Waals surface area contributed by atoms with Crippen molar-refractivity contribution >= 4 is 27.8 Å². The molecule has 0 unspecified atom stereocenters. The molecule has 144 valence electrons. The number of rotatable bonds is 6. The molecular weight excluding hydrogens is 399 g/mol. The first kappa shape index (κ1) is 20.7. The second-order valence-electron chi connectivity index (χ2n) is 6.54. The quantitative estimate of drug-likeness (QED) is 0.542. The summed E-state index contributed by atoms with van der Waals surface area (Å²) in [6.07, 6.45) is 3.38. The van der Waals surface area contributed by atoms with E-state index in [1.54, 1.807) is 13.1 Å². The molecule has 0 aliphatic carbocycles. The normalized spacial score (nSPS) is 15.8. The van der Waals surface area contributed by atoms with Gasteiger partial charge in [-0.3, -0.25) is 9.79 Å². The van der Waals surface area contributed by atoms with Crippen molar-refractivity contribution in [1.82, 2.24) is 15.5 Å². The van der Waals surface area contributed by atoms with Gasteiger partial charge in [-0.15, -0.1) is 0 Å². The van der Waals surface area contributed by atoms with Gasteiger partial charge in [-0.1, -0.05) is 6.07 Å². The Labute approximate surface area is 163 Å². The van der Waals surface area contributed by atoms with Crippen LogP contribution in [0.1, 0.15) is 31.7 Å². The molecule has 0 spiro atoms. The molecule has 1 aliphatic heterocycles. The number of nitrogens with one attached hydrogen (secondary N) is 2. The van der Waals surface area contributed by atoms with Crippen molar-refractivity contribution in [3.8, 4) is 0 Å². The lowest BCUT2D eigenvalue weighted by Crippen LogP contribution is -2.46. The van der Waals surface area contributed by atoms with Gasteiger partial charge in [0.05, 0.1) is 4.47 Å². The molecule has 26 heavy (non-hydrogen) atoms. The molecule has 7 heteroatoms. The summed E-state index contributed by atoms with van der Waals surface area (Å²) in [5.74, 6) is 1.25. The Bertz CT molecular complexity index is 630. The van der Waals surface area contributed by atoms with E-state index in [1.807, 2.05) is 6.07 Å². The Kier molecular flexibility index (Phi) is 8.35. The van der Waals surface area contributed by atoms with Crippen LogP contribution in [-0.4, -0.2) is 50.0 Å². The van der Waals surface area contributed by atoms with Crippen molar-refractivity contribution in [2.75, 3.05) is 33.2 Å². The van der Waals surface area contributed by atoms with Gasteiger partial charge in [-0.25, -0.2) is 4.39 Å². The van der Waals surface area contributed by atoms with Crippen molar-refractivity contribution in [1.29, 1.82) is 0 Å². The maximum Gasteiger partial charge on any atom is 0.220 e. The largest absolute Gasteiger partial charge is 0.359 e. The number of aliphatic imine (C=N–C) groups is 1. The highest BCUT2D eigenvalue weighted by molar-refractivity contribution is 9.10. The topological polar surface area (TPSA) is 56.7 Å².